The molecule has 130 valence electrons. The minimum absolute atomic E-state index is 0.113. The quantitative estimate of drug-likeness (QED) is 0.829. The predicted octanol–water partition coefficient (Wildman–Crippen LogP) is 1.79. The summed E-state index contributed by atoms with van der Waals surface area (Å²) in [7, 11) is 0. The lowest BCUT2D eigenvalue weighted by atomic mass is 10.2. The molecule has 1 saturated heterocycles. The SMILES string of the molecule is Cc1nc(CCNC(=O)NC[C@@H](C)N2C[C@@H](C)O[C@@H](C)C2)cs1. The molecule has 2 rings (SSSR count). The number of urea groups is 1. The Kier molecular flexibility index (Phi) is 6.80. The summed E-state index contributed by atoms with van der Waals surface area (Å²) in [4.78, 5) is 18.6. The van der Waals surface area contributed by atoms with E-state index in [0.29, 0.717) is 19.1 Å². The highest BCUT2D eigenvalue weighted by molar-refractivity contribution is 7.09. The molecule has 1 aliphatic rings. The van der Waals surface area contributed by atoms with E-state index in [9.17, 15) is 4.79 Å². The first-order valence-electron chi connectivity index (χ1n) is 8.26. The van der Waals surface area contributed by atoms with Crippen LogP contribution in [0.1, 0.15) is 31.5 Å². The summed E-state index contributed by atoms with van der Waals surface area (Å²) in [6.45, 7) is 11.4. The maximum absolute atomic E-state index is 11.9. The number of aromatic nitrogens is 1. The lowest BCUT2D eigenvalue weighted by Gasteiger charge is -2.38. The lowest BCUT2D eigenvalue weighted by molar-refractivity contribution is -0.0778. The molecule has 2 heterocycles. The first-order chi connectivity index (χ1) is 10.9. The number of amides is 2. The summed E-state index contributed by atoms with van der Waals surface area (Å²) >= 11 is 1.64. The van der Waals surface area contributed by atoms with Crippen LogP contribution in [0.25, 0.3) is 0 Å². The summed E-state index contributed by atoms with van der Waals surface area (Å²) in [5, 5.41) is 8.94. The van der Waals surface area contributed by atoms with Crippen molar-refractivity contribution in [1.29, 1.82) is 0 Å². The van der Waals surface area contributed by atoms with Gasteiger partial charge in [-0.25, -0.2) is 9.78 Å². The van der Waals surface area contributed by atoms with Gasteiger partial charge in [-0.15, -0.1) is 11.3 Å². The number of morpholine rings is 1. The van der Waals surface area contributed by atoms with E-state index < -0.39 is 0 Å². The van der Waals surface area contributed by atoms with Crippen molar-refractivity contribution in [2.75, 3.05) is 26.2 Å². The van der Waals surface area contributed by atoms with Gasteiger partial charge in [0.05, 0.1) is 22.9 Å². The molecule has 1 aromatic rings. The smallest absolute Gasteiger partial charge is 0.314 e. The van der Waals surface area contributed by atoms with Gasteiger partial charge in [-0.1, -0.05) is 0 Å². The molecular formula is C16H28N4O2S. The number of ether oxygens (including phenoxy) is 1. The van der Waals surface area contributed by atoms with Crippen molar-refractivity contribution in [2.45, 2.75) is 52.4 Å². The van der Waals surface area contributed by atoms with Crippen molar-refractivity contribution in [2.24, 2.45) is 0 Å². The van der Waals surface area contributed by atoms with Crippen LogP contribution < -0.4 is 10.6 Å². The van der Waals surface area contributed by atoms with Gasteiger partial charge >= 0.3 is 6.03 Å². The Morgan fingerprint density at radius 3 is 2.74 bits per heavy atom. The second-order valence-electron chi connectivity index (χ2n) is 6.30. The van der Waals surface area contributed by atoms with Crippen LogP contribution in [-0.2, 0) is 11.2 Å². The van der Waals surface area contributed by atoms with Crippen molar-refractivity contribution < 1.29 is 9.53 Å². The monoisotopic (exact) mass is 340 g/mol. The molecule has 0 bridgehead atoms. The van der Waals surface area contributed by atoms with Crippen LogP contribution in [0.15, 0.2) is 5.38 Å². The topological polar surface area (TPSA) is 66.5 Å². The normalized spacial score (nSPS) is 23.5. The van der Waals surface area contributed by atoms with Gasteiger partial charge in [-0.3, -0.25) is 4.90 Å². The molecule has 2 N–H and O–H groups in total. The van der Waals surface area contributed by atoms with Crippen LogP contribution in [0.4, 0.5) is 4.79 Å². The Hall–Kier alpha value is -1.18. The fourth-order valence-corrected chi connectivity index (χ4v) is 3.48. The Bertz CT molecular complexity index is 498. The third-order valence-electron chi connectivity index (χ3n) is 3.96. The molecule has 0 spiro atoms. The van der Waals surface area contributed by atoms with Gasteiger partial charge in [0.2, 0.25) is 0 Å². The Labute approximate surface area is 142 Å². The van der Waals surface area contributed by atoms with E-state index >= 15 is 0 Å². The van der Waals surface area contributed by atoms with E-state index in [1.165, 1.54) is 0 Å². The summed E-state index contributed by atoms with van der Waals surface area (Å²) in [6, 6.07) is 0.189. The fraction of sp³-hybridized carbons (Fsp3) is 0.750. The molecule has 6 nitrogen and oxygen atoms in total. The van der Waals surface area contributed by atoms with E-state index in [4.69, 9.17) is 4.74 Å². The third-order valence-corrected chi connectivity index (χ3v) is 4.78. The van der Waals surface area contributed by atoms with E-state index in [0.717, 1.165) is 30.2 Å². The average molecular weight is 340 g/mol. The molecular weight excluding hydrogens is 312 g/mol. The number of carbonyl (C=O) groups excluding carboxylic acids is 1. The van der Waals surface area contributed by atoms with Crippen LogP contribution in [-0.4, -0.2) is 60.3 Å². The van der Waals surface area contributed by atoms with E-state index in [-0.39, 0.29) is 18.2 Å². The number of hydrogen-bond donors (Lipinski definition) is 2. The largest absolute Gasteiger partial charge is 0.373 e. The fourth-order valence-electron chi connectivity index (χ4n) is 2.84. The molecule has 3 atom stereocenters. The molecule has 0 aliphatic carbocycles. The third kappa shape index (κ3) is 6.08. The zero-order chi connectivity index (χ0) is 16.8. The van der Waals surface area contributed by atoms with Gasteiger partial charge in [-0.05, 0) is 27.7 Å². The molecule has 1 aromatic heterocycles. The van der Waals surface area contributed by atoms with Crippen LogP contribution >= 0.6 is 11.3 Å². The van der Waals surface area contributed by atoms with Gasteiger partial charge < -0.3 is 15.4 Å². The van der Waals surface area contributed by atoms with Gasteiger partial charge in [0, 0.05) is 44.0 Å². The Balaban J connectivity index is 1.63. The molecule has 1 fully saturated rings. The molecule has 0 saturated carbocycles. The minimum atomic E-state index is -0.113. The summed E-state index contributed by atoms with van der Waals surface area (Å²) in [5.41, 5.74) is 1.04. The lowest BCUT2D eigenvalue weighted by Crippen LogP contribution is -2.53. The highest BCUT2D eigenvalue weighted by Crippen LogP contribution is 2.13. The highest BCUT2D eigenvalue weighted by atomic mass is 32.1. The van der Waals surface area contributed by atoms with Crippen molar-refractivity contribution >= 4 is 17.4 Å². The van der Waals surface area contributed by atoms with E-state index in [2.05, 4.69) is 41.3 Å². The Morgan fingerprint density at radius 2 is 2.13 bits per heavy atom. The van der Waals surface area contributed by atoms with Crippen LogP contribution in [0.3, 0.4) is 0 Å². The maximum Gasteiger partial charge on any atom is 0.314 e. The zero-order valence-electron chi connectivity index (χ0n) is 14.5. The van der Waals surface area contributed by atoms with Crippen LogP contribution in [0.2, 0.25) is 0 Å². The number of hydrogen-bond acceptors (Lipinski definition) is 5. The van der Waals surface area contributed by atoms with E-state index in [1.54, 1.807) is 11.3 Å². The summed E-state index contributed by atoms with van der Waals surface area (Å²) in [6.07, 6.45) is 1.26. The number of carbonyl (C=O) groups is 1. The molecule has 23 heavy (non-hydrogen) atoms. The number of nitrogens with zero attached hydrogens (tertiary/aromatic N) is 2. The maximum atomic E-state index is 11.9. The van der Waals surface area contributed by atoms with Crippen molar-refractivity contribution in [3.8, 4) is 0 Å². The van der Waals surface area contributed by atoms with E-state index in [1.807, 2.05) is 12.3 Å². The van der Waals surface area contributed by atoms with Crippen molar-refractivity contribution in [1.82, 2.24) is 20.5 Å². The van der Waals surface area contributed by atoms with Gasteiger partial charge in [0.1, 0.15) is 0 Å². The number of thiazole rings is 1. The molecule has 0 radical (unpaired) electrons. The summed E-state index contributed by atoms with van der Waals surface area (Å²) in [5.74, 6) is 0. The van der Waals surface area contributed by atoms with Crippen LogP contribution in [0, 0.1) is 6.92 Å². The Morgan fingerprint density at radius 1 is 1.43 bits per heavy atom. The standard InChI is InChI=1S/C16H28N4O2S/c1-11(20-8-12(2)22-13(3)9-20)7-18-16(21)17-6-5-15-10-23-14(4)19-15/h10-13H,5-9H2,1-4H3,(H2,17,18,21)/t11-,12-,13+/m1/s1. The van der Waals surface area contributed by atoms with Crippen molar-refractivity contribution in [3.63, 3.8) is 0 Å². The second-order valence-corrected chi connectivity index (χ2v) is 7.37. The first-order valence-corrected chi connectivity index (χ1v) is 9.14. The first kappa shape index (κ1) is 18.2. The molecule has 0 unspecified atom stereocenters. The number of rotatable bonds is 6. The molecule has 7 heteroatoms. The number of aryl methyl sites for hydroxylation is 1. The van der Waals surface area contributed by atoms with Gasteiger partial charge in [0.25, 0.3) is 0 Å². The predicted molar refractivity (Wildman–Crippen MR) is 93.0 cm³/mol. The average Bonchev–Trinajstić information content (AvgIpc) is 2.89. The number of nitrogens with one attached hydrogen (secondary N) is 2. The van der Waals surface area contributed by atoms with Crippen LogP contribution in [0.5, 0.6) is 0 Å². The summed E-state index contributed by atoms with van der Waals surface area (Å²) < 4.78 is 5.74. The van der Waals surface area contributed by atoms with Crippen molar-refractivity contribution in [3.05, 3.63) is 16.1 Å². The van der Waals surface area contributed by atoms with Gasteiger partial charge in [0.15, 0.2) is 0 Å². The van der Waals surface area contributed by atoms with Gasteiger partial charge in [-0.2, -0.15) is 0 Å². The minimum Gasteiger partial charge on any atom is -0.373 e. The second kappa shape index (κ2) is 8.61. The zero-order valence-corrected chi connectivity index (χ0v) is 15.3. The molecule has 0 aromatic carbocycles. The highest BCUT2D eigenvalue weighted by Gasteiger charge is 2.25. The molecule has 1 aliphatic heterocycles. The molecule has 2 amide bonds.